The van der Waals surface area contributed by atoms with Crippen LogP contribution in [0.25, 0.3) is 0 Å². The van der Waals surface area contributed by atoms with Gasteiger partial charge >= 0.3 is 7.82 Å². The maximum atomic E-state index is 13.7. The summed E-state index contributed by atoms with van der Waals surface area (Å²) in [7, 11) is 20.1. The highest BCUT2D eigenvalue weighted by molar-refractivity contribution is 7.47. The molecule has 6 N–H and O–H groups in total. The standard InChI is InChI=1S/C49H99N14O12P/c1-58(2)46(59(3)4)54-31-19-28-51-42(65)24-35-72-38-49(39-73-36-25-43(66)52-29-20-32-55-47(60(5)6)61(7)8,40-74-37-26-44(67)53-30-21-33-56-48(62(9)10)63(11)12)57-45(68)23-18-22-41(64)50-27-16-14-15-17-34-75-76(69,70)71-13/h14-40H2,1-13H3,(H,50,64)(H,51,65)(H,52,66)(H,53,67)(H,57,68)(H,69,70). The first kappa shape index (κ1) is 71.2. The van der Waals surface area contributed by atoms with E-state index in [1.807, 2.05) is 114 Å². The fraction of sp³-hybridized carbons (Fsp3) is 0.837. The molecule has 76 heavy (non-hydrogen) atoms. The van der Waals surface area contributed by atoms with Gasteiger partial charge in [-0.25, -0.2) is 4.57 Å². The number of hydrogen-bond donors (Lipinski definition) is 6. The van der Waals surface area contributed by atoms with Crippen molar-refractivity contribution in [3.05, 3.63) is 0 Å². The summed E-state index contributed by atoms with van der Waals surface area (Å²) in [4.78, 5) is 99.5. The van der Waals surface area contributed by atoms with Gasteiger partial charge < -0.3 is 75.1 Å². The van der Waals surface area contributed by atoms with E-state index >= 15 is 0 Å². The van der Waals surface area contributed by atoms with Gasteiger partial charge in [-0.05, 0) is 38.5 Å². The molecule has 0 radical (unpaired) electrons. The third-order valence-electron chi connectivity index (χ3n) is 10.8. The van der Waals surface area contributed by atoms with E-state index in [-0.39, 0.29) is 108 Å². The molecule has 5 amide bonds. The molecule has 0 fully saturated rings. The van der Waals surface area contributed by atoms with Crippen LogP contribution in [0, 0.1) is 0 Å². The van der Waals surface area contributed by atoms with E-state index in [1.165, 1.54) is 0 Å². The Morgan fingerprint density at radius 3 is 1.09 bits per heavy atom. The lowest BCUT2D eigenvalue weighted by Gasteiger charge is -2.34. The summed E-state index contributed by atoms with van der Waals surface area (Å²) in [6.45, 7) is 2.96. The second-order valence-corrected chi connectivity index (χ2v) is 20.9. The fourth-order valence-corrected chi connectivity index (χ4v) is 7.66. The van der Waals surface area contributed by atoms with Crippen molar-refractivity contribution in [3.8, 4) is 0 Å². The predicted octanol–water partition coefficient (Wildman–Crippen LogP) is 0.628. The first-order valence-electron chi connectivity index (χ1n) is 26.3. The lowest BCUT2D eigenvalue weighted by molar-refractivity contribution is -0.131. The number of hydrogen-bond acceptors (Lipinski definition) is 14. The summed E-state index contributed by atoms with van der Waals surface area (Å²) in [6, 6.07) is 0. The molecule has 0 spiro atoms. The monoisotopic (exact) mass is 1110 g/mol. The minimum Gasteiger partial charge on any atom is -0.378 e. The topological polar surface area (TPSA) is 285 Å². The van der Waals surface area contributed by atoms with Gasteiger partial charge in [0.25, 0.3) is 0 Å². The second-order valence-electron chi connectivity index (χ2n) is 19.4. The van der Waals surface area contributed by atoms with Crippen molar-refractivity contribution in [1.82, 2.24) is 56.0 Å². The van der Waals surface area contributed by atoms with Crippen LogP contribution in [-0.2, 0) is 51.8 Å². The smallest absolute Gasteiger partial charge is 0.378 e. The number of guanidine groups is 3. The van der Waals surface area contributed by atoms with Crippen LogP contribution in [0.1, 0.15) is 83.5 Å². The Morgan fingerprint density at radius 1 is 0.434 bits per heavy atom. The van der Waals surface area contributed by atoms with E-state index in [2.05, 4.69) is 46.1 Å². The van der Waals surface area contributed by atoms with Crippen molar-refractivity contribution in [2.45, 2.75) is 89.0 Å². The minimum absolute atomic E-state index is 0.00752. The van der Waals surface area contributed by atoms with E-state index in [9.17, 15) is 33.4 Å². The Kier molecular flexibility index (Phi) is 39.5. The number of carbonyl (C=O) groups excluding carboxylic acids is 5. The number of rotatable bonds is 41. The number of unbranched alkanes of at least 4 members (excludes halogenated alkanes) is 3. The van der Waals surface area contributed by atoms with Gasteiger partial charge in [-0.15, -0.1) is 0 Å². The summed E-state index contributed by atoms with van der Waals surface area (Å²) < 4.78 is 38.8. The Labute approximate surface area is 454 Å². The largest absolute Gasteiger partial charge is 0.471 e. The molecule has 0 aliphatic rings. The number of ether oxygens (including phenoxy) is 3. The lowest BCUT2D eigenvalue weighted by Crippen LogP contribution is -2.58. The maximum Gasteiger partial charge on any atom is 0.471 e. The van der Waals surface area contributed by atoms with Gasteiger partial charge in [-0.1, -0.05) is 12.8 Å². The number of aliphatic imine (C=N–C) groups is 3. The second kappa shape index (κ2) is 42.2. The van der Waals surface area contributed by atoms with Crippen molar-refractivity contribution >= 4 is 55.2 Å². The van der Waals surface area contributed by atoms with Gasteiger partial charge in [0.15, 0.2) is 17.9 Å². The number of phosphoric ester groups is 1. The molecule has 0 bridgehead atoms. The Bertz CT molecular complexity index is 1620. The van der Waals surface area contributed by atoms with E-state index in [1.54, 1.807) is 0 Å². The molecule has 0 saturated carbocycles. The molecule has 0 aromatic carbocycles. The van der Waals surface area contributed by atoms with Crippen LogP contribution >= 0.6 is 7.82 Å². The van der Waals surface area contributed by atoms with Crippen LogP contribution in [0.3, 0.4) is 0 Å². The first-order chi connectivity index (χ1) is 36.0. The van der Waals surface area contributed by atoms with E-state index in [0.29, 0.717) is 77.9 Å². The SMILES string of the molecule is COP(=O)(O)OCCCCCCNC(=O)CCCC(=O)NC(COCCC(=O)NCCCN=C(N(C)C)N(C)C)(COCCC(=O)NCCCN=C(N(C)C)N(C)C)COCCC(=O)NCCCN=C(N(C)C)N(C)C. The van der Waals surface area contributed by atoms with Gasteiger partial charge in [0.2, 0.25) is 29.5 Å². The third kappa shape index (κ3) is 37.0. The maximum absolute atomic E-state index is 13.7. The van der Waals surface area contributed by atoms with E-state index in [0.717, 1.165) is 37.8 Å². The van der Waals surface area contributed by atoms with Crippen LogP contribution in [0.15, 0.2) is 15.0 Å². The molecule has 1 unspecified atom stereocenters. The first-order valence-corrected chi connectivity index (χ1v) is 27.8. The fourth-order valence-electron chi connectivity index (χ4n) is 7.20. The molecule has 0 saturated heterocycles. The molecule has 0 aromatic rings. The molecule has 0 aliphatic heterocycles. The molecule has 27 heteroatoms. The van der Waals surface area contributed by atoms with Crippen LogP contribution in [0.2, 0.25) is 0 Å². The average molecular weight is 1110 g/mol. The quantitative estimate of drug-likeness (QED) is 0.0212. The van der Waals surface area contributed by atoms with Gasteiger partial charge in [-0.2, -0.15) is 0 Å². The number of carbonyl (C=O) groups is 5. The highest BCUT2D eigenvalue weighted by Gasteiger charge is 2.34. The van der Waals surface area contributed by atoms with Gasteiger partial charge in [0.05, 0.1) is 46.2 Å². The van der Waals surface area contributed by atoms with Crippen LogP contribution in [0.4, 0.5) is 0 Å². The lowest BCUT2D eigenvalue weighted by atomic mass is 10.0. The van der Waals surface area contributed by atoms with Gasteiger partial charge in [0, 0.05) is 170 Å². The molecule has 0 heterocycles. The van der Waals surface area contributed by atoms with Crippen molar-refractivity contribution in [3.63, 3.8) is 0 Å². The summed E-state index contributed by atoms with van der Waals surface area (Å²) in [5, 5.41) is 14.6. The Morgan fingerprint density at radius 2 is 0.750 bits per heavy atom. The average Bonchev–Trinajstić information content (AvgIpc) is 3.33. The zero-order chi connectivity index (χ0) is 57.4. The molecule has 0 aliphatic carbocycles. The van der Waals surface area contributed by atoms with Crippen LogP contribution in [-0.4, -0.2) is 271 Å². The normalized spacial score (nSPS) is 11.8. The van der Waals surface area contributed by atoms with Crippen molar-refractivity contribution in [2.75, 3.05) is 184 Å². The highest BCUT2D eigenvalue weighted by atomic mass is 31.2. The highest BCUT2D eigenvalue weighted by Crippen LogP contribution is 2.41. The van der Waals surface area contributed by atoms with E-state index < -0.39 is 19.3 Å². The summed E-state index contributed by atoms with van der Waals surface area (Å²) in [5.74, 6) is 1.17. The zero-order valence-corrected chi connectivity index (χ0v) is 49.4. The molecular weight excluding hydrogens is 1010 g/mol. The summed E-state index contributed by atoms with van der Waals surface area (Å²) >= 11 is 0. The van der Waals surface area contributed by atoms with Gasteiger partial charge in [-0.3, -0.25) is 48.0 Å². The van der Waals surface area contributed by atoms with Crippen LogP contribution < -0.4 is 26.6 Å². The number of nitrogens with one attached hydrogen (secondary N) is 5. The van der Waals surface area contributed by atoms with E-state index in [4.69, 9.17) is 18.7 Å². The predicted molar refractivity (Wildman–Crippen MR) is 297 cm³/mol. The molecule has 1 atom stereocenters. The Hall–Kier alpha value is -4.85. The van der Waals surface area contributed by atoms with Crippen molar-refractivity contribution < 1.29 is 56.7 Å². The molecule has 0 rings (SSSR count). The summed E-state index contributed by atoms with van der Waals surface area (Å²) in [5.41, 5.74) is -1.32. The molecule has 442 valence electrons. The minimum atomic E-state index is -4.00. The van der Waals surface area contributed by atoms with Crippen molar-refractivity contribution in [2.24, 2.45) is 15.0 Å². The Balaban J connectivity index is 5.88. The number of phosphoric acid groups is 1. The van der Waals surface area contributed by atoms with Crippen molar-refractivity contribution in [1.29, 1.82) is 0 Å². The zero-order valence-electron chi connectivity index (χ0n) is 48.5. The molecule has 0 aromatic heterocycles. The molecular formula is C49H99N14O12P. The summed E-state index contributed by atoms with van der Waals surface area (Å²) in [6.07, 6.45) is 5.08. The number of nitrogens with zero attached hydrogens (tertiary/aromatic N) is 9. The molecule has 26 nitrogen and oxygen atoms in total. The third-order valence-corrected chi connectivity index (χ3v) is 11.7. The van der Waals surface area contributed by atoms with Gasteiger partial charge in [0.1, 0.15) is 5.54 Å². The number of amides is 5. The van der Waals surface area contributed by atoms with Crippen LogP contribution in [0.5, 0.6) is 0 Å².